The number of nitrogens with two attached hydrogens (primary N) is 1. The summed E-state index contributed by atoms with van der Waals surface area (Å²) in [5, 5.41) is 2.94. The van der Waals surface area contributed by atoms with Crippen LogP contribution in [0.5, 0.6) is 11.5 Å². The average molecular weight is 491 g/mol. The number of nitrogens with one attached hydrogen (secondary N) is 1. The summed E-state index contributed by atoms with van der Waals surface area (Å²) in [6, 6.07) is 9.10. The van der Waals surface area contributed by atoms with Gasteiger partial charge in [-0.15, -0.1) is 24.0 Å². The highest BCUT2D eigenvalue weighted by Crippen LogP contribution is 2.29. The zero-order valence-electron chi connectivity index (χ0n) is 15.3. The first-order valence-electron chi connectivity index (χ1n) is 8.44. The quantitative estimate of drug-likeness (QED) is 0.328. The van der Waals surface area contributed by atoms with Crippen LogP contribution in [0.1, 0.15) is 19.4 Å². The fraction of sp³-hybridized carbons (Fsp3) is 0.316. The maximum Gasteiger partial charge on any atom is 0.193 e. The van der Waals surface area contributed by atoms with E-state index in [4.69, 9.17) is 15.2 Å². The van der Waals surface area contributed by atoms with Gasteiger partial charge in [0.15, 0.2) is 5.96 Å². The van der Waals surface area contributed by atoms with E-state index in [9.17, 15) is 8.78 Å². The molecule has 2 aromatic rings. The molecule has 27 heavy (non-hydrogen) atoms. The second-order valence-electron chi connectivity index (χ2n) is 5.37. The highest BCUT2D eigenvalue weighted by Gasteiger charge is 2.09. The molecule has 0 aliphatic heterocycles. The van der Waals surface area contributed by atoms with Gasteiger partial charge in [-0.3, -0.25) is 4.99 Å². The summed E-state index contributed by atoms with van der Waals surface area (Å²) in [4.78, 5) is 4.13. The monoisotopic (exact) mass is 491 g/mol. The second-order valence-corrected chi connectivity index (χ2v) is 5.37. The number of benzene rings is 2. The van der Waals surface area contributed by atoms with Crippen LogP contribution in [0.25, 0.3) is 0 Å². The Morgan fingerprint density at radius 2 is 1.74 bits per heavy atom. The van der Waals surface area contributed by atoms with Crippen LogP contribution in [-0.2, 0) is 6.42 Å². The maximum absolute atomic E-state index is 13.6. The Morgan fingerprint density at radius 3 is 2.37 bits per heavy atom. The highest BCUT2D eigenvalue weighted by molar-refractivity contribution is 14.0. The molecule has 0 radical (unpaired) electrons. The van der Waals surface area contributed by atoms with Crippen LogP contribution in [0.3, 0.4) is 0 Å². The minimum atomic E-state index is -0.588. The molecule has 0 atom stereocenters. The molecular formula is C19H24F2IN3O2. The third-order valence-electron chi connectivity index (χ3n) is 3.53. The molecule has 0 aliphatic carbocycles. The van der Waals surface area contributed by atoms with Crippen molar-refractivity contribution >= 4 is 35.6 Å². The molecule has 5 nitrogen and oxygen atoms in total. The van der Waals surface area contributed by atoms with Crippen LogP contribution < -0.4 is 20.5 Å². The SMILES string of the molecule is CCOc1ccc(OCC)c(NC(N)=NCCc2c(F)cccc2F)c1.I. The Labute approximate surface area is 175 Å². The Bertz CT molecular complexity index is 752. The molecule has 3 N–H and O–H groups in total. The number of nitrogens with zero attached hydrogens (tertiary/aromatic N) is 1. The zero-order chi connectivity index (χ0) is 18.9. The topological polar surface area (TPSA) is 68.9 Å². The molecule has 8 heteroatoms. The molecular weight excluding hydrogens is 467 g/mol. The molecule has 0 spiro atoms. The first kappa shape index (κ1) is 22.9. The Balaban J connectivity index is 0.00000364. The third kappa shape index (κ3) is 6.85. The molecule has 0 saturated carbocycles. The van der Waals surface area contributed by atoms with Crippen molar-refractivity contribution in [1.29, 1.82) is 0 Å². The summed E-state index contributed by atoms with van der Waals surface area (Å²) in [5.74, 6) is 0.217. The Morgan fingerprint density at radius 1 is 1.07 bits per heavy atom. The molecule has 2 rings (SSSR count). The largest absolute Gasteiger partial charge is 0.494 e. The van der Waals surface area contributed by atoms with Gasteiger partial charge in [0.1, 0.15) is 23.1 Å². The van der Waals surface area contributed by atoms with E-state index in [2.05, 4.69) is 10.3 Å². The van der Waals surface area contributed by atoms with Crippen LogP contribution in [0, 0.1) is 11.6 Å². The molecule has 0 unspecified atom stereocenters. The summed E-state index contributed by atoms with van der Waals surface area (Å²) in [5.41, 5.74) is 6.50. The number of aliphatic imine (C=N–C) groups is 1. The maximum atomic E-state index is 13.6. The minimum absolute atomic E-state index is 0. The van der Waals surface area contributed by atoms with E-state index in [1.165, 1.54) is 18.2 Å². The smallest absolute Gasteiger partial charge is 0.193 e. The van der Waals surface area contributed by atoms with E-state index in [0.29, 0.717) is 30.4 Å². The van der Waals surface area contributed by atoms with Gasteiger partial charge in [0.05, 0.1) is 18.9 Å². The normalized spacial score (nSPS) is 10.9. The van der Waals surface area contributed by atoms with Crippen LogP contribution in [0.4, 0.5) is 14.5 Å². The number of rotatable bonds is 8. The molecule has 148 valence electrons. The number of hydrogen-bond acceptors (Lipinski definition) is 3. The van der Waals surface area contributed by atoms with Gasteiger partial charge >= 0.3 is 0 Å². The van der Waals surface area contributed by atoms with Gasteiger partial charge in [-0.25, -0.2) is 8.78 Å². The van der Waals surface area contributed by atoms with E-state index < -0.39 is 11.6 Å². The molecule has 0 amide bonds. The van der Waals surface area contributed by atoms with Crippen LogP contribution in [0.15, 0.2) is 41.4 Å². The van der Waals surface area contributed by atoms with Crippen molar-refractivity contribution in [3.8, 4) is 11.5 Å². The molecule has 2 aromatic carbocycles. The summed E-state index contributed by atoms with van der Waals surface area (Å²) in [6.45, 7) is 4.94. The standard InChI is InChI=1S/C19H23F2N3O2.HI/c1-3-25-13-8-9-18(26-4-2)17(12-13)24-19(22)23-11-10-14-15(20)6-5-7-16(14)21;/h5-9,12H,3-4,10-11H2,1-2H3,(H3,22,23,24);1H. The lowest BCUT2D eigenvalue weighted by atomic mass is 10.1. The lowest BCUT2D eigenvalue weighted by molar-refractivity contribution is 0.332. The van der Waals surface area contributed by atoms with Gasteiger partial charge in [-0.05, 0) is 44.5 Å². The number of guanidine groups is 1. The minimum Gasteiger partial charge on any atom is -0.494 e. The van der Waals surface area contributed by atoms with Crippen LogP contribution in [-0.4, -0.2) is 25.7 Å². The number of anilines is 1. The summed E-state index contributed by atoms with van der Waals surface area (Å²) in [6.07, 6.45) is 0.109. The fourth-order valence-corrected chi connectivity index (χ4v) is 2.38. The van der Waals surface area contributed by atoms with Crippen molar-refractivity contribution < 1.29 is 18.3 Å². The van der Waals surface area contributed by atoms with Crippen molar-refractivity contribution in [3.05, 3.63) is 53.6 Å². The summed E-state index contributed by atoms with van der Waals surface area (Å²) >= 11 is 0. The van der Waals surface area contributed by atoms with Crippen molar-refractivity contribution in [1.82, 2.24) is 0 Å². The lowest BCUT2D eigenvalue weighted by Gasteiger charge is -2.14. The zero-order valence-corrected chi connectivity index (χ0v) is 17.6. The van der Waals surface area contributed by atoms with Gasteiger partial charge in [0.2, 0.25) is 0 Å². The van der Waals surface area contributed by atoms with E-state index in [-0.39, 0.29) is 48.5 Å². The van der Waals surface area contributed by atoms with Gasteiger partial charge in [-0.1, -0.05) is 6.07 Å². The summed E-state index contributed by atoms with van der Waals surface area (Å²) < 4.78 is 38.2. The van der Waals surface area contributed by atoms with Crippen molar-refractivity contribution in [2.45, 2.75) is 20.3 Å². The van der Waals surface area contributed by atoms with E-state index in [1.54, 1.807) is 18.2 Å². The third-order valence-corrected chi connectivity index (χ3v) is 3.53. The number of ether oxygens (including phenoxy) is 2. The molecule has 0 bridgehead atoms. The first-order chi connectivity index (χ1) is 12.5. The fourth-order valence-electron chi connectivity index (χ4n) is 2.38. The summed E-state index contributed by atoms with van der Waals surface area (Å²) in [7, 11) is 0. The lowest BCUT2D eigenvalue weighted by Crippen LogP contribution is -2.23. The first-order valence-corrected chi connectivity index (χ1v) is 8.44. The Kier molecular flexibility index (Phi) is 9.84. The second kappa shape index (κ2) is 11.6. The predicted octanol–water partition coefficient (Wildman–Crippen LogP) is 4.35. The van der Waals surface area contributed by atoms with Crippen LogP contribution >= 0.6 is 24.0 Å². The molecule has 0 aromatic heterocycles. The number of hydrogen-bond donors (Lipinski definition) is 2. The van der Waals surface area contributed by atoms with Gasteiger partial charge < -0.3 is 20.5 Å². The molecule has 0 heterocycles. The highest BCUT2D eigenvalue weighted by atomic mass is 127. The van der Waals surface area contributed by atoms with Crippen LogP contribution in [0.2, 0.25) is 0 Å². The van der Waals surface area contributed by atoms with Gasteiger partial charge in [0, 0.05) is 18.2 Å². The van der Waals surface area contributed by atoms with E-state index in [0.717, 1.165) is 0 Å². The predicted molar refractivity (Wildman–Crippen MR) is 114 cm³/mol. The van der Waals surface area contributed by atoms with E-state index >= 15 is 0 Å². The molecule has 0 fully saturated rings. The van der Waals surface area contributed by atoms with Crippen molar-refractivity contribution in [2.24, 2.45) is 10.7 Å². The Hall–Kier alpha value is -2.10. The average Bonchev–Trinajstić information content (AvgIpc) is 2.60. The van der Waals surface area contributed by atoms with Crippen molar-refractivity contribution in [2.75, 3.05) is 25.1 Å². The molecule has 0 saturated heterocycles. The van der Waals surface area contributed by atoms with E-state index in [1.807, 2.05) is 13.8 Å². The van der Waals surface area contributed by atoms with Gasteiger partial charge in [0.25, 0.3) is 0 Å². The number of halogens is 3. The van der Waals surface area contributed by atoms with Gasteiger partial charge in [-0.2, -0.15) is 0 Å². The van der Waals surface area contributed by atoms with Crippen molar-refractivity contribution in [3.63, 3.8) is 0 Å². The molecule has 0 aliphatic rings.